The van der Waals surface area contributed by atoms with Gasteiger partial charge in [0, 0.05) is 27.5 Å². The number of hydrogen-bond acceptors (Lipinski definition) is 8. The molecule has 262 valence electrons. The normalized spacial score (nSPS) is 17.1. The Morgan fingerprint density at radius 1 is 0.714 bits per heavy atom. The predicted octanol–water partition coefficient (Wildman–Crippen LogP) is 10.1. The lowest BCUT2D eigenvalue weighted by Gasteiger charge is -2.31. The number of ether oxygens (including phenoxy) is 4. The van der Waals surface area contributed by atoms with Crippen molar-refractivity contribution in [2.75, 3.05) is 33.2 Å². The third-order valence-electron chi connectivity index (χ3n) is 9.03. The van der Waals surface area contributed by atoms with Crippen LogP contribution in [0.25, 0.3) is 34.1 Å². The van der Waals surface area contributed by atoms with E-state index >= 15 is 0 Å². The van der Waals surface area contributed by atoms with Gasteiger partial charge in [-0.25, -0.2) is 4.98 Å². The van der Waals surface area contributed by atoms with Gasteiger partial charge in [-0.1, -0.05) is 87.4 Å². The van der Waals surface area contributed by atoms with E-state index in [1.807, 2.05) is 48.5 Å². The minimum absolute atomic E-state index is 0.00581. The second kappa shape index (κ2) is 12.7. The molecule has 3 aromatic carbocycles. The molecule has 0 radical (unpaired) electrons. The average molecular weight is 669 g/mol. The van der Waals surface area contributed by atoms with Crippen LogP contribution >= 0.6 is 0 Å². The summed E-state index contributed by atoms with van der Waals surface area (Å²) in [7, 11) is 3.20. The lowest BCUT2D eigenvalue weighted by Crippen LogP contribution is -2.24. The number of phenols is 1. The van der Waals surface area contributed by atoms with Crippen molar-refractivity contribution in [3.05, 3.63) is 76.9 Å². The number of hydrogen-bond donors (Lipinski definition) is 2. The number of benzene rings is 3. The van der Waals surface area contributed by atoms with Crippen LogP contribution in [-0.4, -0.2) is 37.5 Å². The van der Waals surface area contributed by atoms with Crippen molar-refractivity contribution < 1.29 is 28.5 Å². The summed E-state index contributed by atoms with van der Waals surface area (Å²) in [6, 6.07) is 17.4. The van der Waals surface area contributed by atoms with Crippen molar-refractivity contribution in [2.24, 2.45) is 21.7 Å². The second-order valence-corrected chi connectivity index (χ2v) is 16.3. The molecule has 2 aliphatic rings. The molecular formula is C41H52N2O6. The first-order chi connectivity index (χ1) is 22.8. The van der Waals surface area contributed by atoms with Gasteiger partial charge in [0.25, 0.3) is 0 Å². The number of nitrogens with zero attached hydrogens (tertiary/aromatic N) is 1. The molecule has 4 aromatic rings. The van der Waals surface area contributed by atoms with Crippen molar-refractivity contribution in [3.8, 4) is 28.7 Å². The van der Waals surface area contributed by atoms with Crippen LogP contribution in [0, 0.1) is 21.7 Å². The van der Waals surface area contributed by atoms with Crippen molar-refractivity contribution in [1.82, 2.24) is 4.98 Å². The Morgan fingerprint density at radius 3 is 1.69 bits per heavy atom. The van der Waals surface area contributed by atoms with Crippen molar-refractivity contribution in [2.45, 2.75) is 69.2 Å². The number of nitrogen functional groups attached to an aromatic ring is 1. The first-order valence-corrected chi connectivity index (χ1v) is 16.8. The van der Waals surface area contributed by atoms with Gasteiger partial charge in [-0.15, -0.1) is 0 Å². The molecule has 1 aromatic heterocycles. The van der Waals surface area contributed by atoms with Gasteiger partial charge in [0.2, 0.25) is 5.89 Å². The van der Waals surface area contributed by atoms with Crippen molar-refractivity contribution in [3.63, 3.8) is 0 Å². The van der Waals surface area contributed by atoms with Crippen molar-refractivity contribution in [1.29, 1.82) is 0 Å². The van der Waals surface area contributed by atoms with Gasteiger partial charge >= 0.3 is 0 Å². The van der Waals surface area contributed by atoms with Crippen LogP contribution in [0.1, 0.15) is 80.4 Å². The van der Waals surface area contributed by atoms with Crippen LogP contribution in [0.3, 0.4) is 0 Å². The predicted molar refractivity (Wildman–Crippen MR) is 197 cm³/mol. The number of methoxy groups -OCH3 is 2. The van der Waals surface area contributed by atoms with Gasteiger partial charge in [0.15, 0.2) is 11.1 Å². The van der Waals surface area contributed by atoms with E-state index in [1.165, 1.54) is 18.3 Å². The summed E-state index contributed by atoms with van der Waals surface area (Å²) >= 11 is 0. The molecule has 0 unspecified atom stereocenters. The molecule has 0 bridgehead atoms. The molecule has 0 atom stereocenters. The Bertz CT molecular complexity index is 1920. The molecule has 0 saturated heterocycles. The highest BCUT2D eigenvalue weighted by Gasteiger charge is 2.42. The summed E-state index contributed by atoms with van der Waals surface area (Å²) in [4.78, 5) is 4.67. The minimum atomic E-state index is -0.0438. The number of rotatable bonds is 5. The molecule has 0 fully saturated rings. The molecular weight excluding hydrogens is 616 g/mol. The van der Waals surface area contributed by atoms with Crippen LogP contribution in [0.2, 0.25) is 0 Å². The zero-order chi connectivity index (χ0) is 36.1. The molecule has 49 heavy (non-hydrogen) atoms. The van der Waals surface area contributed by atoms with Crippen LogP contribution < -0.4 is 15.2 Å². The Balaban J connectivity index is 0.000000200. The largest absolute Gasteiger partial charge is 0.506 e. The van der Waals surface area contributed by atoms with Gasteiger partial charge < -0.3 is 34.2 Å². The Kier molecular flexibility index (Phi) is 9.26. The zero-order valence-corrected chi connectivity index (χ0v) is 31.1. The average Bonchev–Trinajstić information content (AvgIpc) is 3.70. The number of fused-ring (bicyclic) bond motifs is 1. The molecule has 2 aliphatic heterocycles. The topological polar surface area (TPSA) is 109 Å². The van der Waals surface area contributed by atoms with Crippen LogP contribution in [0.5, 0.6) is 17.2 Å². The Morgan fingerprint density at radius 2 is 1.20 bits per heavy atom. The van der Waals surface area contributed by atoms with E-state index in [0.717, 1.165) is 33.7 Å². The maximum atomic E-state index is 10.0. The SMILES string of the molecule is COc1cc(C2=C(C(C)(C)C)C(C)(C)CO2)cc(O)c1N.COc1cc(C2=C(C(C)(C)C)C(C)(C)CO2)cc2oc(-c3ccccc3)nc12. The van der Waals surface area contributed by atoms with E-state index in [2.05, 4.69) is 74.2 Å². The quantitative estimate of drug-likeness (QED) is 0.160. The Labute approximate surface area is 290 Å². The second-order valence-electron chi connectivity index (χ2n) is 16.3. The third-order valence-corrected chi connectivity index (χ3v) is 9.03. The Hall–Kier alpha value is -4.59. The highest BCUT2D eigenvalue weighted by molar-refractivity contribution is 5.87. The molecule has 3 heterocycles. The molecule has 8 nitrogen and oxygen atoms in total. The molecule has 8 heteroatoms. The number of nitrogens with two attached hydrogens (primary N) is 1. The maximum Gasteiger partial charge on any atom is 0.227 e. The fourth-order valence-corrected chi connectivity index (χ4v) is 7.48. The van der Waals surface area contributed by atoms with E-state index in [1.54, 1.807) is 13.2 Å². The van der Waals surface area contributed by atoms with E-state index < -0.39 is 0 Å². The highest BCUT2D eigenvalue weighted by Crippen LogP contribution is 2.52. The molecule has 3 N–H and O–H groups in total. The molecule has 6 rings (SSSR count). The van der Waals surface area contributed by atoms with E-state index in [0.29, 0.717) is 36.2 Å². The summed E-state index contributed by atoms with van der Waals surface area (Å²) < 4.78 is 29.1. The molecule has 0 saturated carbocycles. The maximum absolute atomic E-state index is 10.0. The summed E-state index contributed by atoms with van der Waals surface area (Å²) in [6.07, 6.45) is 0. The smallest absolute Gasteiger partial charge is 0.227 e. The lowest BCUT2D eigenvalue weighted by atomic mass is 9.71. The summed E-state index contributed by atoms with van der Waals surface area (Å²) in [5.41, 5.74) is 12.6. The van der Waals surface area contributed by atoms with Crippen LogP contribution in [-0.2, 0) is 9.47 Å². The van der Waals surface area contributed by atoms with Crippen LogP contribution in [0.15, 0.2) is 70.2 Å². The van der Waals surface area contributed by atoms with Gasteiger partial charge in [-0.3, -0.25) is 0 Å². The van der Waals surface area contributed by atoms with Gasteiger partial charge in [-0.05, 0) is 58.4 Å². The summed E-state index contributed by atoms with van der Waals surface area (Å²) in [5, 5.41) is 10.0. The third kappa shape index (κ3) is 6.96. The fraction of sp³-hybridized carbons (Fsp3) is 0.439. The highest BCUT2D eigenvalue weighted by atomic mass is 16.5. The first kappa shape index (κ1) is 35.7. The van der Waals surface area contributed by atoms with E-state index in [-0.39, 0.29) is 33.1 Å². The monoisotopic (exact) mass is 668 g/mol. The first-order valence-electron chi connectivity index (χ1n) is 16.8. The van der Waals surface area contributed by atoms with Crippen LogP contribution in [0.4, 0.5) is 5.69 Å². The van der Waals surface area contributed by atoms with Crippen molar-refractivity contribution >= 4 is 28.3 Å². The fourth-order valence-electron chi connectivity index (χ4n) is 7.48. The number of oxazole rings is 1. The number of aromatic hydroxyl groups is 1. The van der Waals surface area contributed by atoms with Gasteiger partial charge in [-0.2, -0.15) is 0 Å². The van der Waals surface area contributed by atoms with E-state index in [4.69, 9.17) is 29.1 Å². The van der Waals surface area contributed by atoms with E-state index in [9.17, 15) is 5.11 Å². The lowest BCUT2D eigenvalue weighted by molar-refractivity contribution is 0.213. The molecule has 0 spiro atoms. The number of aromatic nitrogens is 1. The van der Waals surface area contributed by atoms with Gasteiger partial charge in [0.1, 0.15) is 34.5 Å². The number of phenolic OH excluding ortho intramolecular Hbond substituents is 1. The van der Waals surface area contributed by atoms with Gasteiger partial charge in [0.05, 0.1) is 27.4 Å². The summed E-state index contributed by atoms with van der Waals surface area (Å²) in [5.74, 6) is 3.49. The summed E-state index contributed by atoms with van der Waals surface area (Å²) in [6.45, 7) is 23.3. The minimum Gasteiger partial charge on any atom is -0.506 e. The standard InChI is InChI=1S/C24H27NO3.C17H25NO3/c1-23(2,3)21-20(27-14-24(21,4)5)16-12-17(26-6)19-18(13-16)28-22(25-19)15-10-8-7-9-11-15;1-16(2,3)15-14(21-9-17(15,4)5)10-7-11(19)13(18)12(8-10)20-6/h7-13H,14H2,1-6H3;7-8,19H,9,18H2,1-6H3. The molecule has 0 aliphatic carbocycles. The zero-order valence-electron chi connectivity index (χ0n) is 31.1. The number of anilines is 1. The molecule has 0 amide bonds.